The molecule has 1 N–H and O–H groups in total. The molecule has 1 aliphatic heterocycles. The van der Waals surface area contributed by atoms with Gasteiger partial charge in [0, 0.05) is 37.6 Å². The van der Waals surface area contributed by atoms with Crippen molar-refractivity contribution in [1.82, 2.24) is 14.8 Å². The maximum atomic E-state index is 4.43. The van der Waals surface area contributed by atoms with Crippen molar-refractivity contribution in [2.45, 2.75) is 38.8 Å². The minimum atomic E-state index is 0.409. The van der Waals surface area contributed by atoms with E-state index >= 15 is 0 Å². The van der Waals surface area contributed by atoms with Crippen LogP contribution in [0.1, 0.15) is 32.7 Å². The van der Waals surface area contributed by atoms with E-state index in [1.165, 1.54) is 0 Å². The smallest absolute Gasteiger partial charge is 0.128 e. The molecule has 0 bridgehead atoms. The third-order valence-corrected chi connectivity index (χ3v) is 3.97. The Balaban J connectivity index is 1.54. The largest absolute Gasteiger partial charge is 0.380 e. The summed E-state index contributed by atoms with van der Waals surface area (Å²) in [5.74, 6) is 1.09. The minimum Gasteiger partial charge on any atom is -0.380 e. The lowest BCUT2D eigenvalue weighted by Crippen LogP contribution is -2.39. The third kappa shape index (κ3) is 3.35. The summed E-state index contributed by atoms with van der Waals surface area (Å²) < 4.78 is 1.99. The molecule has 21 heavy (non-hydrogen) atoms. The van der Waals surface area contributed by atoms with Crippen molar-refractivity contribution in [3.8, 4) is 0 Å². The molecule has 2 aromatic heterocycles. The van der Waals surface area contributed by atoms with Crippen LogP contribution in [0.5, 0.6) is 0 Å². The van der Waals surface area contributed by atoms with E-state index in [1.807, 2.05) is 29.2 Å². The second kappa shape index (κ2) is 6.16. The average Bonchev–Trinajstić information content (AvgIpc) is 2.98. The molecule has 1 aliphatic rings. The van der Waals surface area contributed by atoms with Gasteiger partial charge in [-0.1, -0.05) is 6.07 Å². The molecule has 0 atom stereocenters. The van der Waals surface area contributed by atoms with Crippen LogP contribution in [-0.4, -0.2) is 33.9 Å². The fraction of sp³-hybridized carbons (Fsp3) is 0.500. The van der Waals surface area contributed by atoms with Crippen molar-refractivity contribution in [1.29, 1.82) is 0 Å². The monoisotopic (exact) mass is 285 g/mol. The first-order valence-corrected chi connectivity index (χ1v) is 7.69. The first-order chi connectivity index (χ1) is 10.2. The summed E-state index contributed by atoms with van der Waals surface area (Å²) in [5.41, 5.74) is 1.12. The zero-order valence-electron chi connectivity index (χ0n) is 12.7. The number of nitrogens with zero attached hydrogens (tertiary/aromatic N) is 4. The molecule has 0 radical (unpaired) electrons. The van der Waals surface area contributed by atoms with Crippen LogP contribution in [0.2, 0.25) is 0 Å². The topological polar surface area (TPSA) is 46.0 Å². The lowest BCUT2D eigenvalue weighted by atomic mass is 10.0. The van der Waals surface area contributed by atoms with Gasteiger partial charge in [0.15, 0.2) is 0 Å². The number of aromatic nitrogens is 3. The summed E-state index contributed by atoms with van der Waals surface area (Å²) in [5, 5.41) is 7.98. The van der Waals surface area contributed by atoms with Gasteiger partial charge in [-0.3, -0.25) is 4.68 Å². The molecule has 0 amide bonds. The van der Waals surface area contributed by atoms with Gasteiger partial charge in [0.1, 0.15) is 5.82 Å². The SMILES string of the molecule is CC(C)n1cc(NC2CCN(c3ccccn3)CC2)cn1. The number of nitrogens with one attached hydrogen (secondary N) is 1. The van der Waals surface area contributed by atoms with E-state index in [9.17, 15) is 0 Å². The van der Waals surface area contributed by atoms with Gasteiger partial charge in [-0.15, -0.1) is 0 Å². The highest BCUT2D eigenvalue weighted by Gasteiger charge is 2.20. The van der Waals surface area contributed by atoms with Gasteiger partial charge in [0.2, 0.25) is 0 Å². The molecular weight excluding hydrogens is 262 g/mol. The lowest BCUT2D eigenvalue weighted by Gasteiger charge is -2.33. The molecule has 0 aliphatic carbocycles. The fourth-order valence-electron chi connectivity index (χ4n) is 2.72. The van der Waals surface area contributed by atoms with E-state index in [4.69, 9.17) is 0 Å². The zero-order valence-corrected chi connectivity index (χ0v) is 12.7. The van der Waals surface area contributed by atoms with E-state index in [0.717, 1.165) is 37.4 Å². The Labute approximate surface area is 126 Å². The first-order valence-electron chi connectivity index (χ1n) is 7.69. The van der Waals surface area contributed by atoms with Crippen molar-refractivity contribution < 1.29 is 0 Å². The number of anilines is 2. The molecular formula is C16H23N5. The second-order valence-corrected chi connectivity index (χ2v) is 5.90. The predicted octanol–water partition coefficient (Wildman–Crippen LogP) is 2.94. The Morgan fingerprint density at radius 2 is 2.05 bits per heavy atom. The number of rotatable bonds is 4. The summed E-state index contributed by atoms with van der Waals surface area (Å²) in [6.45, 7) is 6.38. The van der Waals surface area contributed by atoms with Crippen LogP contribution in [0.4, 0.5) is 11.5 Å². The maximum Gasteiger partial charge on any atom is 0.128 e. The predicted molar refractivity (Wildman–Crippen MR) is 85.7 cm³/mol. The summed E-state index contributed by atoms with van der Waals surface area (Å²) in [6, 6.07) is 7.03. The lowest BCUT2D eigenvalue weighted by molar-refractivity contribution is 0.522. The minimum absolute atomic E-state index is 0.409. The Hall–Kier alpha value is -2.04. The fourth-order valence-corrected chi connectivity index (χ4v) is 2.72. The van der Waals surface area contributed by atoms with Crippen LogP contribution in [0.15, 0.2) is 36.8 Å². The van der Waals surface area contributed by atoms with Gasteiger partial charge < -0.3 is 10.2 Å². The number of hydrogen-bond acceptors (Lipinski definition) is 4. The van der Waals surface area contributed by atoms with Gasteiger partial charge in [-0.05, 0) is 38.8 Å². The van der Waals surface area contributed by atoms with E-state index in [0.29, 0.717) is 12.1 Å². The van der Waals surface area contributed by atoms with Crippen molar-refractivity contribution in [3.63, 3.8) is 0 Å². The molecule has 5 nitrogen and oxygen atoms in total. The number of hydrogen-bond donors (Lipinski definition) is 1. The molecule has 2 aromatic rings. The Morgan fingerprint density at radius 3 is 2.67 bits per heavy atom. The van der Waals surface area contributed by atoms with Gasteiger partial charge in [0.25, 0.3) is 0 Å². The summed E-state index contributed by atoms with van der Waals surface area (Å²) in [7, 11) is 0. The van der Waals surface area contributed by atoms with Crippen LogP contribution in [-0.2, 0) is 0 Å². The van der Waals surface area contributed by atoms with Gasteiger partial charge in [-0.25, -0.2) is 4.98 Å². The van der Waals surface area contributed by atoms with Crippen LogP contribution in [0.3, 0.4) is 0 Å². The quantitative estimate of drug-likeness (QED) is 0.938. The maximum absolute atomic E-state index is 4.43. The molecule has 5 heteroatoms. The highest BCUT2D eigenvalue weighted by atomic mass is 15.3. The Kier molecular flexibility index (Phi) is 4.08. The van der Waals surface area contributed by atoms with Gasteiger partial charge in [0.05, 0.1) is 11.9 Å². The Bertz CT molecular complexity index is 555. The molecule has 1 fully saturated rings. The zero-order chi connectivity index (χ0) is 14.7. The van der Waals surface area contributed by atoms with Crippen molar-refractivity contribution in [3.05, 3.63) is 36.8 Å². The molecule has 0 unspecified atom stereocenters. The number of pyridine rings is 1. The number of piperidine rings is 1. The van der Waals surface area contributed by atoms with Crippen LogP contribution in [0.25, 0.3) is 0 Å². The molecule has 3 heterocycles. The molecule has 1 saturated heterocycles. The van der Waals surface area contributed by atoms with E-state index in [1.54, 1.807) is 0 Å². The highest BCUT2D eigenvalue weighted by molar-refractivity contribution is 5.42. The van der Waals surface area contributed by atoms with Crippen LogP contribution >= 0.6 is 0 Å². The molecule has 3 rings (SSSR count). The van der Waals surface area contributed by atoms with Gasteiger partial charge >= 0.3 is 0 Å². The van der Waals surface area contributed by atoms with Crippen molar-refractivity contribution in [2.24, 2.45) is 0 Å². The van der Waals surface area contributed by atoms with Crippen LogP contribution < -0.4 is 10.2 Å². The molecule has 0 saturated carbocycles. The highest BCUT2D eigenvalue weighted by Crippen LogP contribution is 2.20. The standard InChI is InChI=1S/C16H23N5/c1-13(2)21-12-15(11-18-21)19-14-6-9-20(10-7-14)16-5-3-4-8-17-16/h3-5,8,11-14,19H,6-7,9-10H2,1-2H3. The third-order valence-electron chi connectivity index (χ3n) is 3.97. The molecule has 112 valence electrons. The van der Waals surface area contributed by atoms with Crippen molar-refractivity contribution >= 4 is 11.5 Å². The normalized spacial score (nSPS) is 16.4. The average molecular weight is 285 g/mol. The summed E-state index contributed by atoms with van der Waals surface area (Å²) in [4.78, 5) is 6.78. The summed E-state index contributed by atoms with van der Waals surface area (Å²) in [6.07, 6.45) is 8.13. The van der Waals surface area contributed by atoms with Crippen molar-refractivity contribution in [2.75, 3.05) is 23.3 Å². The molecule has 0 spiro atoms. The van der Waals surface area contributed by atoms with E-state index in [2.05, 4.69) is 46.4 Å². The van der Waals surface area contributed by atoms with E-state index in [-0.39, 0.29) is 0 Å². The second-order valence-electron chi connectivity index (χ2n) is 5.90. The summed E-state index contributed by atoms with van der Waals surface area (Å²) >= 11 is 0. The molecule has 0 aromatic carbocycles. The van der Waals surface area contributed by atoms with Gasteiger partial charge in [-0.2, -0.15) is 5.10 Å². The first kappa shape index (κ1) is 13.9. The van der Waals surface area contributed by atoms with Crippen LogP contribution in [0, 0.1) is 0 Å². The van der Waals surface area contributed by atoms with E-state index < -0.39 is 0 Å². The Morgan fingerprint density at radius 1 is 1.24 bits per heavy atom.